The Morgan fingerprint density at radius 1 is 0.905 bits per heavy atom. The lowest BCUT2D eigenvalue weighted by Gasteiger charge is -2.38. The van der Waals surface area contributed by atoms with Crippen LogP contribution in [0.15, 0.2) is 0 Å². The van der Waals surface area contributed by atoms with E-state index >= 15 is 0 Å². The van der Waals surface area contributed by atoms with Crippen molar-refractivity contribution in [3.63, 3.8) is 0 Å². The standard InChI is InChI=1S/C30H51N5O7/c1-10-19(6)24-29(40)34(9)25(18(4)5)30(41)33(8)20(7)26(37)31-14-13-23(36)42-22(16-17(2)3)28(39)35-15-11-12-21(35)27(38)32-24/h17-22,24-25H,10-16H2,1-9H3,(H,31,37)(H,32,38)/t19-,20-,21-,22-,24-,25-/m0/s1. The van der Waals surface area contributed by atoms with Crippen molar-refractivity contribution in [3.05, 3.63) is 0 Å². The number of nitrogens with zero attached hydrogens (tertiary/aromatic N) is 3. The summed E-state index contributed by atoms with van der Waals surface area (Å²) in [4.78, 5) is 84.6. The van der Waals surface area contributed by atoms with Crippen molar-refractivity contribution in [2.45, 2.75) is 111 Å². The fraction of sp³-hybridized carbons (Fsp3) is 0.800. The molecule has 0 bridgehead atoms. The summed E-state index contributed by atoms with van der Waals surface area (Å²) in [5, 5.41) is 5.57. The van der Waals surface area contributed by atoms with E-state index in [2.05, 4.69) is 10.6 Å². The summed E-state index contributed by atoms with van der Waals surface area (Å²) in [5.74, 6) is -3.36. The van der Waals surface area contributed by atoms with Gasteiger partial charge in [0.2, 0.25) is 23.6 Å². The number of cyclic esters (lactones) is 1. The molecule has 2 rings (SSSR count). The van der Waals surface area contributed by atoms with Crippen molar-refractivity contribution in [2.24, 2.45) is 17.8 Å². The molecule has 6 atom stereocenters. The zero-order valence-electron chi connectivity index (χ0n) is 26.8. The van der Waals surface area contributed by atoms with E-state index in [9.17, 15) is 28.8 Å². The Bertz CT molecular complexity index is 1020. The van der Waals surface area contributed by atoms with Crippen LogP contribution in [0.25, 0.3) is 0 Å². The number of nitrogens with one attached hydrogen (secondary N) is 2. The summed E-state index contributed by atoms with van der Waals surface area (Å²) in [5.41, 5.74) is 0. The lowest BCUT2D eigenvalue weighted by Crippen LogP contribution is -2.60. The van der Waals surface area contributed by atoms with Gasteiger partial charge in [-0.3, -0.25) is 28.8 Å². The second-order valence-electron chi connectivity index (χ2n) is 12.5. The second-order valence-corrected chi connectivity index (χ2v) is 12.5. The molecule has 0 aliphatic carbocycles. The van der Waals surface area contributed by atoms with Gasteiger partial charge >= 0.3 is 5.97 Å². The van der Waals surface area contributed by atoms with Crippen LogP contribution in [0.1, 0.15) is 80.6 Å². The highest BCUT2D eigenvalue weighted by Gasteiger charge is 2.42. The molecule has 42 heavy (non-hydrogen) atoms. The minimum absolute atomic E-state index is 0.0358. The first-order valence-corrected chi connectivity index (χ1v) is 15.2. The number of hydrogen-bond acceptors (Lipinski definition) is 7. The molecule has 2 aliphatic heterocycles. The average molecular weight is 594 g/mol. The van der Waals surface area contributed by atoms with Crippen molar-refractivity contribution >= 4 is 35.5 Å². The van der Waals surface area contributed by atoms with Gasteiger partial charge in [-0.25, -0.2) is 0 Å². The molecular weight excluding hydrogens is 542 g/mol. The van der Waals surface area contributed by atoms with Crippen LogP contribution in [0.3, 0.4) is 0 Å². The van der Waals surface area contributed by atoms with Gasteiger partial charge in [-0.05, 0) is 43.9 Å². The molecule has 238 valence electrons. The molecule has 12 heteroatoms. The molecule has 2 aliphatic rings. The van der Waals surface area contributed by atoms with Crippen LogP contribution >= 0.6 is 0 Å². The molecule has 2 heterocycles. The van der Waals surface area contributed by atoms with E-state index in [1.54, 1.807) is 14.0 Å². The zero-order valence-corrected chi connectivity index (χ0v) is 26.8. The molecule has 0 aromatic heterocycles. The molecule has 0 saturated carbocycles. The van der Waals surface area contributed by atoms with Gasteiger partial charge in [0.25, 0.3) is 5.91 Å². The van der Waals surface area contributed by atoms with Crippen LogP contribution < -0.4 is 10.6 Å². The van der Waals surface area contributed by atoms with Crippen molar-refractivity contribution in [1.29, 1.82) is 0 Å². The first kappa shape index (κ1) is 35.0. The van der Waals surface area contributed by atoms with Gasteiger partial charge < -0.3 is 30.1 Å². The van der Waals surface area contributed by atoms with Crippen LogP contribution in [0.5, 0.6) is 0 Å². The molecule has 2 N–H and O–H groups in total. The Morgan fingerprint density at radius 3 is 2.12 bits per heavy atom. The van der Waals surface area contributed by atoms with Gasteiger partial charge in [0, 0.05) is 27.2 Å². The Morgan fingerprint density at radius 2 is 1.55 bits per heavy atom. The van der Waals surface area contributed by atoms with E-state index in [0.29, 0.717) is 25.8 Å². The number of fused-ring (bicyclic) bond motifs is 1. The topological polar surface area (TPSA) is 145 Å². The highest BCUT2D eigenvalue weighted by Crippen LogP contribution is 2.24. The van der Waals surface area contributed by atoms with E-state index in [-0.39, 0.29) is 37.1 Å². The van der Waals surface area contributed by atoms with Gasteiger partial charge in [0.15, 0.2) is 6.10 Å². The molecule has 2 fully saturated rings. The molecule has 0 unspecified atom stereocenters. The SMILES string of the molecule is CC[C@H](C)[C@@H]1NC(=O)[C@@H]2CCCN2C(=O)[C@H](CC(C)C)OC(=O)CCNC(=O)[C@H](C)N(C)C(=O)[C@H](C(C)C)N(C)C1=O. The van der Waals surface area contributed by atoms with Crippen LogP contribution in [-0.4, -0.2) is 108 Å². The van der Waals surface area contributed by atoms with Crippen molar-refractivity contribution in [1.82, 2.24) is 25.3 Å². The highest BCUT2D eigenvalue weighted by molar-refractivity contribution is 5.96. The summed E-state index contributed by atoms with van der Waals surface area (Å²) in [6, 6.07) is -3.52. The molecule has 0 spiro atoms. The Kier molecular flexibility index (Phi) is 12.8. The third kappa shape index (κ3) is 8.44. The summed E-state index contributed by atoms with van der Waals surface area (Å²) < 4.78 is 5.59. The molecule has 0 aromatic rings. The zero-order chi connectivity index (χ0) is 31.9. The Hall–Kier alpha value is -3.18. The number of ether oxygens (including phenoxy) is 1. The lowest BCUT2D eigenvalue weighted by molar-refractivity contribution is -0.162. The maximum Gasteiger partial charge on any atom is 0.308 e. The first-order valence-electron chi connectivity index (χ1n) is 15.2. The maximum absolute atomic E-state index is 13.9. The molecule has 0 radical (unpaired) electrons. The number of rotatable bonds is 5. The van der Waals surface area contributed by atoms with Gasteiger partial charge in [0.1, 0.15) is 24.2 Å². The van der Waals surface area contributed by atoms with E-state index in [1.165, 1.54) is 21.7 Å². The summed E-state index contributed by atoms with van der Waals surface area (Å²) in [7, 11) is 3.04. The smallest absolute Gasteiger partial charge is 0.308 e. The third-order valence-electron chi connectivity index (χ3n) is 8.44. The van der Waals surface area contributed by atoms with Crippen LogP contribution in [0.2, 0.25) is 0 Å². The molecule has 2 saturated heterocycles. The van der Waals surface area contributed by atoms with E-state index < -0.39 is 65.8 Å². The fourth-order valence-corrected chi connectivity index (χ4v) is 5.53. The van der Waals surface area contributed by atoms with Gasteiger partial charge in [-0.1, -0.05) is 48.0 Å². The van der Waals surface area contributed by atoms with E-state index in [0.717, 1.165) is 0 Å². The molecule has 0 aromatic carbocycles. The van der Waals surface area contributed by atoms with Gasteiger partial charge in [0.05, 0.1) is 6.42 Å². The molecule has 5 amide bonds. The number of amides is 5. The Balaban J connectivity index is 2.54. The largest absolute Gasteiger partial charge is 0.452 e. The average Bonchev–Trinajstić information content (AvgIpc) is 3.42. The fourth-order valence-electron chi connectivity index (χ4n) is 5.53. The van der Waals surface area contributed by atoms with Gasteiger partial charge in [-0.2, -0.15) is 0 Å². The Labute approximate surface area is 250 Å². The van der Waals surface area contributed by atoms with E-state index in [1.807, 2.05) is 41.5 Å². The second kappa shape index (κ2) is 15.3. The van der Waals surface area contributed by atoms with Crippen LogP contribution in [-0.2, 0) is 33.5 Å². The van der Waals surface area contributed by atoms with Crippen molar-refractivity contribution in [3.8, 4) is 0 Å². The molecular formula is C30H51N5O7. The normalized spacial score (nSPS) is 28.6. The number of hydrogen-bond donors (Lipinski definition) is 2. The number of likely N-dealkylation sites (N-methyl/N-ethyl adjacent to an activating group) is 2. The minimum Gasteiger partial charge on any atom is -0.452 e. The van der Waals surface area contributed by atoms with E-state index in [4.69, 9.17) is 4.74 Å². The highest BCUT2D eigenvalue weighted by atomic mass is 16.5. The first-order chi connectivity index (χ1) is 19.6. The van der Waals surface area contributed by atoms with Gasteiger partial charge in [-0.15, -0.1) is 0 Å². The summed E-state index contributed by atoms with van der Waals surface area (Å²) in [6.07, 6.45) is 0.636. The minimum atomic E-state index is -1.07. The van der Waals surface area contributed by atoms with Crippen LogP contribution in [0.4, 0.5) is 0 Å². The van der Waals surface area contributed by atoms with Crippen LogP contribution in [0, 0.1) is 17.8 Å². The monoisotopic (exact) mass is 593 g/mol. The number of carbonyl (C=O) groups excluding carboxylic acids is 6. The number of carbonyl (C=O) groups is 6. The van der Waals surface area contributed by atoms with Crippen molar-refractivity contribution in [2.75, 3.05) is 27.2 Å². The predicted molar refractivity (Wildman–Crippen MR) is 157 cm³/mol. The molecule has 12 nitrogen and oxygen atoms in total. The predicted octanol–water partition coefficient (Wildman–Crippen LogP) is 1.32. The quantitative estimate of drug-likeness (QED) is 0.457. The third-order valence-corrected chi connectivity index (χ3v) is 8.44. The number of esters is 1. The maximum atomic E-state index is 13.9. The van der Waals surface area contributed by atoms with Crippen molar-refractivity contribution < 1.29 is 33.5 Å². The lowest BCUT2D eigenvalue weighted by atomic mass is 9.94. The summed E-state index contributed by atoms with van der Waals surface area (Å²) >= 11 is 0. The summed E-state index contributed by atoms with van der Waals surface area (Å²) in [6.45, 7) is 13.1.